The number of hydrogen-bond acceptors (Lipinski definition) is 3. The molecule has 2 aliphatic carbocycles. The second-order valence-electron chi connectivity index (χ2n) is 8.07. The molecule has 0 atom stereocenters. The van der Waals surface area contributed by atoms with Crippen molar-refractivity contribution in [3.05, 3.63) is 78.0 Å². The minimum absolute atomic E-state index is 0.0552. The molecule has 146 valence electrons. The molecule has 1 amide bonds. The predicted octanol–water partition coefficient (Wildman–Crippen LogP) is 5.22. The highest BCUT2D eigenvalue weighted by atomic mass is 19.1. The number of hydrogen-bond donors (Lipinski definition) is 1. The normalized spacial score (nSPS) is 17.4. The maximum Gasteiger partial charge on any atom is 0.235 e. The first-order chi connectivity index (χ1) is 14.1. The minimum Gasteiger partial charge on any atom is -0.325 e. The molecule has 0 radical (unpaired) electrons. The Kier molecular flexibility index (Phi) is 4.38. The van der Waals surface area contributed by atoms with Crippen LogP contribution in [0.1, 0.15) is 49.3 Å². The molecule has 1 aromatic carbocycles. The zero-order chi connectivity index (χ0) is 19.8. The van der Waals surface area contributed by atoms with Crippen LogP contribution in [-0.4, -0.2) is 15.9 Å². The molecule has 5 rings (SSSR count). The third-order valence-electron chi connectivity index (χ3n) is 6.14. The quantitative estimate of drug-likeness (QED) is 0.653. The van der Waals surface area contributed by atoms with Crippen LogP contribution >= 0.6 is 0 Å². The number of nitrogens with one attached hydrogen (secondary N) is 1. The van der Waals surface area contributed by atoms with Gasteiger partial charge in [0.15, 0.2) is 0 Å². The highest BCUT2D eigenvalue weighted by Gasteiger charge is 2.45. The van der Waals surface area contributed by atoms with Crippen LogP contribution in [0.5, 0.6) is 0 Å². The van der Waals surface area contributed by atoms with Gasteiger partial charge in [-0.2, -0.15) is 0 Å². The Morgan fingerprint density at radius 1 is 0.966 bits per heavy atom. The summed E-state index contributed by atoms with van der Waals surface area (Å²) in [6, 6.07) is 14.0. The number of benzene rings is 1. The summed E-state index contributed by atoms with van der Waals surface area (Å²) in [4.78, 5) is 22.2. The van der Waals surface area contributed by atoms with Gasteiger partial charge in [0.25, 0.3) is 0 Å². The molecule has 2 saturated carbocycles. The van der Waals surface area contributed by atoms with Crippen molar-refractivity contribution >= 4 is 11.6 Å². The van der Waals surface area contributed by atoms with Crippen LogP contribution in [0.2, 0.25) is 0 Å². The average Bonchev–Trinajstić information content (AvgIpc) is 3.55. The van der Waals surface area contributed by atoms with Gasteiger partial charge in [0.1, 0.15) is 5.82 Å². The van der Waals surface area contributed by atoms with Crippen LogP contribution in [0.4, 0.5) is 10.1 Å². The van der Waals surface area contributed by atoms with Gasteiger partial charge in [0, 0.05) is 35.3 Å². The molecule has 0 spiro atoms. The Bertz CT molecular complexity index is 1020. The van der Waals surface area contributed by atoms with Crippen molar-refractivity contribution in [2.75, 3.05) is 5.32 Å². The number of halogens is 1. The molecule has 0 aliphatic heterocycles. The number of rotatable bonds is 5. The van der Waals surface area contributed by atoms with Gasteiger partial charge in [-0.25, -0.2) is 4.39 Å². The van der Waals surface area contributed by atoms with E-state index in [1.165, 1.54) is 25.0 Å². The molecule has 5 heteroatoms. The van der Waals surface area contributed by atoms with Crippen molar-refractivity contribution in [1.29, 1.82) is 0 Å². The summed E-state index contributed by atoms with van der Waals surface area (Å²) in [5.74, 6) is 0.263. The van der Waals surface area contributed by atoms with E-state index >= 15 is 0 Å². The molecule has 3 aromatic rings. The summed E-state index contributed by atoms with van der Waals surface area (Å²) < 4.78 is 13.1. The summed E-state index contributed by atoms with van der Waals surface area (Å²) in [6.07, 6.45) is 8.76. The standard InChI is InChI=1S/C24H22FN3O/c25-19-6-8-20(9-7-19)28-23(29)24(12-1-13-24)18-5-11-22(27-15-18)17-4-10-21(26-14-17)16-2-3-16/h4-11,14-16H,1-3,12-13H2,(H,28,29). The molecule has 29 heavy (non-hydrogen) atoms. The SMILES string of the molecule is O=C(Nc1ccc(F)cc1)C1(c2ccc(-c3ccc(C4CC4)nc3)nc2)CCC1. The fourth-order valence-corrected chi connectivity index (χ4v) is 3.99. The first kappa shape index (κ1) is 18.0. The maximum atomic E-state index is 13.1. The van der Waals surface area contributed by atoms with E-state index < -0.39 is 5.41 Å². The number of carbonyl (C=O) groups is 1. The molecule has 2 fully saturated rings. The lowest BCUT2D eigenvalue weighted by Gasteiger charge is -2.40. The van der Waals surface area contributed by atoms with Crippen LogP contribution in [0.3, 0.4) is 0 Å². The van der Waals surface area contributed by atoms with E-state index in [1.54, 1.807) is 12.1 Å². The van der Waals surface area contributed by atoms with Gasteiger partial charge < -0.3 is 5.32 Å². The van der Waals surface area contributed by atoms with E-state index in [2.05, 4.69) is 27.4 Å². The molecule has 0 bridgehead atoms. The van der Waals surface area contributed by atoms with Crippen LogP contribution in [-0.2, 0) is 10.2 Å². The van der Waals surface area contributed by atoms with E-state index in [9.17, 15) is 9.18 Å². The van der Waals surface area contributed by atoms with E-state index in [4.69, 9.17) is 0 Å². The number of amides is 1. The van der Waals surface area contributed by atoms with E-state index in [-0.39, 0.29) is 11.7 Å². The van der Waals surface area contributed by atoms with Gasteiger partial charge in [-0.05, 0) is 73.7 Å². The first-order valence-electron chi connectivity index (χ1n) is 10.1. The van der Waals surface area contributed by atoms with Gasteiger partial charge in [-0.3, -0.25) is 14.8 Å². The Labute approximate surface area is 169 Å². The zero-order valence-corrected chi connectivity index (χ0v) is 16.1. The number of pyridine rings is 2. The number of aromatic nitrogens is 2. The smallest absolute Gasteiger partial charge is 0.235 e. The molecule has 1 N–H and O–H groups in total. The molecule has 4 nitrogen and oxygen atoms in total. The average molecular weight is 387 g/mol. The molecule has 0 saturated heterocycles. The summed E-state index contributed by atoms with van der Waals surface area (Å²) in [6.45, 7) is 0. The van der Waals surface area contributed by atoms with Crippen molar-refractivity contribution in [1.82, 2.24) is 9.97 Å². The number of nitrogens with zero attached hydrogens (tertiary/aromatic N) is 2. The summed E-state index contributed by atoms with van der Waals surface area (Å²) in [5, 5.41) is 2.94. The lowest BCUT2D eigenvalue weighted by molar-refractivity contribution is -0.124. The summed E-state index contributed by atoms with van der Waals surface area (Å²) in [5.41, 5.74) is 3.98. The Hall–Kier alpha value is -3.08. The molecular formula is C24H22FN3O. The zero-order valence-electron chi connectivity index (χ0n) is 16.1. The first-order valence-corrected chi connectivity index (χ1v) is 10.1. The van der Waals surface area contributed by atoms with Gasteiger partial charge in [0.05, 0.1) is 11.1 Å². The van der Waals surface area contributed by atoms with Crippen molar-refractivity contribution in [2.45, 2.75) is 43.4 Å². The predicted molar refractivity (Wildman–Crippen MR) is 110 cm³/mol. The molecular weight excluding hydrogens is 365 g/mol. The number of carbonyl (C=O) groups excluding carboxylic acids is 1. The largest absolute Gasteiger partial charge is 0.325 e. The van der Waals surface area contributed by atoms with Crippen molar-refractivity contribution < 1.29 is 9.18 Å². The lowest BCUT2D eigenvalue weighted by Crippen LogP contribution is -2.46. The lowest BCUT2D eigenvalue weighted by atomic mass is 9.64. The second kappa shape index (κ2) is 7.07. The highest BCUT2D eigenvalue weighted by Crippen LogP contribution is 2.45. The Morgan fingerprint density at radius 2 is 1.76 bits per heavy atom. The van der Waals surface area contributed by atoms with E-state index in [0.717, 1.165) is 41.8 Å². The minimum atomic E-state index is -0.562. The third kappa shape index (κ3) is 3.41. The van der Waals surface area contributed by atoms with Gasteiger partial charge in [0.2, 0.25) is 5.91 Å². The second-order valence-corrected chi connectivity index (χ2v) is 8.07. The third-order valence-corrected chi connectivity index (χ3v) is 6.14. The number of anilines is 1. The van der Waals surface area contributed by atoms with Crippen molar-refractivity contribution in [3.8, 4) is 11.3 Å². The van der Waals surface area contributed by atoms with Crippen LogP contribution in [0, 0.1) is 5.82 Å². The van der Waals surface area contributed by atoms with E-state index in [1.807, 2.05) is 24.5 Å². The van der Waals surface area contributed by atoms with Crippen LogP contribution in [0.15, 0.2) is 60.9 Å². The fourth-order valence-electron chi connectivity index (χ4n) is 3.99. The Balaban J connectivity index is 1.35. The molecule has 2 aliphatic rings. The highest BCUT2D eigenvalue weighted by molar-refractivity contribution is 5.99. The Morgan fingerprint density at radius 3 is 2.31 bits per heavy atom. The van der Waals surface area contributed by atoms with E-state index in [0.29, 0.717) is 11.6 Å². The van der Waals surface area contributed by atoms with Crippen LogP contribution < -0.4 is 5.32 Å². The maximum absolute atomic E-state index is 13.1. The molecule has 2 aromatic heterocycles. The van der Waals surface area contributed by atoms with Crippen molar-refractivity contribution in [3.63, 3.8) is 0 Å². The topological polar surface area (TPSA) is 54.9 Å². The monoisotopic (exact) mass is 387 g/mol. The molecule has 2 heterocycles. The van der Waals surface area contributed by atoms with Crippen LogP contribution in [0.25, 0.3) is 11.3 Å². The van der Waals surface area contributed by atoms with Gasteiger partial charge >= 0.3 is 0 Å². The van der Waals surface area contributed by atoms with Gasteiger partial charge in [-0.1, -0.05) is 12.5 Å². The fraction of sp³-hybridized carbons (Fsp3) is 0.292. The summed E-state index contributed by atoms with van der Waals surface area (Å²) in [7, 11) is 0. The van der Waals surface area contributed by atoms with Crippen molar-refractivity contribution in [2.24, 2.45) is 0 Å². The van der Waals surface area contributed by atoms with Gasteiger partial charge in [-0.15, -0.1) is 0 Å². The molecule has 0 unspecified atom stereocenters. The summed E-state index contributed by atoms with van der Waals surface area (Å²) >= 11 is 0.